The molecule has 0 saturated heterocycles. The van der Waals surface area contributed by atoms with Crippen molar-refractivity contribution < 1.29 is 5.11 Å². The lowest BCUT2D eigenvalue weighted by Crippen LogP contribution is -2.27. The van der Waals surface area contributed by atoms with E-state index in [0.717, 1.165) is 6.42 Å². The summed E-state index contributed by atoms with van der Waals surface area (Å²) in [5, 5.41) is 8.90. The van der Waals surface area contributed by atoms with Gasteiger partial charge in [-0.1, -0.05) is 6.07 Å². The van der Waals surface area contributed by atoms with Gasteiger partial charge in [0.2, 0.25) is 0 Å². The highest BCUT2D eigenvalue weighted by molar-refractivity contribution is 5.85. The summed E-state index contributed by atoms with van der Waals surface area (Å²) in [5.74, 6) is 0. The average molecular weight is 245 g/mol. The molecular formula is C12H21ClN2O. The van der Waals surface area contributed by atoms with E-state index in [1.165, 1.54) is 16.8 Å². The minimum atomic E-state index is -0.158. The number of hydrogen-bond acceptors (Lipinski definition) is 3. The molecule has 0 spiro atoms. The molecule has 1 atom stereocenters. The van der Waals surface area contributed by atoms with Crippen molar-refractivity contribution in [2.75, 3.05) is 25.6 Å². The van der Waals surface area contributed by atoms with Crippen LogP contribution in [0.15, 0.2) is 18.2 Å². The van der Waals surface area contributed by atoms with Gasteiger partial charge in [-0.3, -0.25) is 0 Å². The minimum Gasteiger partial charge on any atom is -0.395 e. The molecule has 1 aromatic rings. The van der Waals surface area contributed by atoms with E-state index in [9.17, 15) is 0 Å². The van der Waals surface area contributed by atoms with Crippen molar-refractivity contribution in [1.29, 1.82) is 0 Å². The molecule has 0 fully saturated rings. The summed E-state index contributed by atoms with van der Waals surface area (Å²) in [5.41, 5.74) is 9.34. The highest BCUT2D eigenvalue weighted by Crippen LogP contribution is 2.18. The van der Waals surface area contributed by atoms with Crippen molar-refractivity contribution in [2.45, 2.75) is 19.4 Å². The van der Waals surface area contributed by atoms with E-state index in [2.05, 4.69) is 30.0 Å². The molecule has 16 heavy (non-hydrogen) atoms. The van der Waals surface area contributed by atoms with Gasteiger partial charge in [0, 0.05) is 25.8 Å². The maximum atomic E-state index is 8.90. The number of aliphatic hydroxyl groups is 1. The number of nitrogens with two attached hydrogens (primary N) is 1. The fraction of sp³-hybridized carbons (Fsp3) is 0.500. The number of halogens is 1. The van der Waals surface area contributed by atoms with Crippen LogP contribution in [-0.2, 0) is 6.42 Å². The summed E-state index contributed by atoms with van der Waals surface area (Å²) >= 11 is 0. The standard InChI is InChI=1S/C12H20N2O.ClH/c1-9-6-12(14(2)3)5-4-10(9)7-11(13)8-15;/h4-6,11,15H,7-8,13H2,1-3H3;1H. The van der Waals surface area contributed by atoms with Crippen LogP contribution in [0.3, 0.4) is 0 Å². The van der Waals surface area contributed by atoms with E-state index in [1.807, 2.05) is 14.1 Å². The van der Waals surface area contributed by atoms with Gasteiger partial charge in [-0.2, -0.15) is 0 Å². The number of rotatable bonds is 4. The van der Waals surface area contributed by atoms with E-state index in [-0.39, 0.29) is 25.1 Å². The molecule has 0 aliphatic rings. The zero-order chi connectivity index (χ0) is 11.4. The predicted octanol–water partition coefficient (Wildman–Crippen LogP) is 1.34. The van der Waals surface area contributed by atoms with Crippen LogP contribution in [0.2, 0.25) is 0 Å². The highest BCUT2D eigenvalue weighted by atomic mass is 35.5. The van der Waals surface area contributed by atoms with E-state index in [1.54, 1.807) is 0 Å². The number of nitrogens with zero attached hydrogens (tertiary/aromatic N) is 1. The first-order valence-corrected chi connectivity index (χ1v) is 5.18. The van der Waals surface area contributed by atoms with Crippen LogP contribution in [0.5, 0.6) is 0 Å². The van der Waals surface area contributed by atoms with Crippen molar-refractivity contribution in [2.24, 2.45) is 5.73 Å². The Morgan fingerprint density at radius 2 is 2.00 bits per heavy atom. The topological polar surface area (TPSA) is 49.5 Å². The van der Waals surface area contributed by atoms with Gasteiger partial charge in [0.15, 0.2) is 0 Å². The summed E-state index contributed by atoms with van der Waals surface area (Å²) in [6.07, 6.45) is 0.732. The molecule has 3 nitrogen and oxygen atoms in total. The monoisotopic (exact) mass is 244 g/mol. The van der Waals surface area contributed by atoms with E-state index >= 15 is 0 Å². The van der Waals surface area contributed by atoms with Crippen LogP contribution in [-0.4, -0.2) is 31.9 Å². The largest absolute Gasteiger partial charge is 0.395 e. The van der Waals surface area contributed by atoms with E-state index in [0.29, 0.717) is 0 Å². The Morgan fingerprint density at radius 1 is 1.38 bits per heavy atom. The maximum Gasteiger partial charge on any atom is 0.0585 e. The molecule has 0 amide bonds. The summed E-state index contributed by atoms with van der Waals surface area (Å²) in [6, 6.07) is 6.14. The fourth-order valence-electron chi connectivity index (χ4n) is 1.53. The Hall–Kier alpha value is -0.770. The molecule has 1 rings (SSSR count). The molecule has 0 radical (unpaired) electrons. The number of benzene rings is 1. The van der Waals surface area contributed by atoms with Crippen molar-refractivity contribution in [1.82, 2.24) is 0 Å². The van der Waals surface area contributed by atoms with E-state index in [4.69, 9.17) is 10.8 Å². The number of aryl methyl sites for hydroxylation is 1. The van der Waals surface area contributed by atoms with Crippen LogP contribution in [0, 0.1) is 6.92 Å². The zero-order valence-corrected chi connectivity index (χ0v) is 10.9. The molecule has 0 saturated carbocycles. The molecule has 0 aromatic heterocycles. The van der Waals surface area contributed by atoms with Gasteiger partial charge in [0.1, 0.15) is 0 Å². The first-order chi connectivity index (χ1) is 7.04. The maximum absolute atomic E-state index is 8.90. The normalized spacial score (nSPS) is 11.8. The second-order valence-electron chi connectivity index (χ2n) is 4.15. The van der Waals surface area contributed by atoms with Gasteiger partial charge in [0.05, 0.1) is 6.61 Å². The van der Waals surface area contributed by atoms with Crippen molar-refractivity contribution in [3.8, 4) is 0 Å². The molecule has 4 heteroatoms. The third-order valence-corrected chi connectivity index (χ3v) is 2.56. The van der Waals surface area contributed by atoms with Crippen LogP contribution in [0.25, 0.3) is 0 Å². The van der Waals surface area contributed by atoms with Crippen molar-refractivity contribution in [3.05, 3.63) is 29.3 Å². The molecule has 0 aliphatic carbocycles. The predicted molar refractivity (Wildman–Crippen MR) is 71.5 cm³/mol. The number of hydrogen-bond donors (Lipinski definition) is 2. The Kier molecular flexibility index (Phi) is 6.41. The first-order valence-electron chi connectivity index (χ1n) is 5.18. The van der Waals surface area contributed by atoms with Gasteiger partial charge >= 0.3 is 0 Å². The Balaban J connectivity index is 0.00000225. The molecule has 3 N–H and O–H groups in total. The van der Waals surface area contributed by atoms with Crippen LogP contribution < -0.4 is 10.6 Å². The highest BCUT2D eigenvalue weighted by Gasteiger charge is 2.06. The smallest absolute Gasteiger partial charge is 0.0585 e. The summed E-state index contributed by atoms with van der Waals surface area (Å²) in [7, 11) is 4.04. The van der Waals surface area contributed by atoms with Gasteiger partial charge in [-0.25, -0.2) is 0 Å². The molecule has 1 aromatic carbocycles. The molecule has 1 unspecified atom stereocenters. The second kappa shape index (κ2) is 6.74. The van der Waals surface area contributed by atoms with Crippen LogP contribution >= 0.6 is 12.4 Å². The molecule has 92 valence electrons. The summed E-state index contributed by atoms with van der Waals surface area (Å²) < 4.78 is 0. The summed E-state index contributed by atoms with van der Waals surface area (Å²) in [4.78, 5) is 2.07. The molecule has 0 heterocycles. The summed E-state index contributed by atoms with van der Waals surface area (Å²) in [6.45, 7) is 2.11. The first kappa shape index (κ1) is 15.2. The SMILES string of the molecule is Cc1cc(N(C)C)ccc1CC(N)CO.Cl. The van der Waals surface area contributed by atoms with Gasteiger partial charge < -0.3 is 15.7 Å². The van der Waals surface area contributed by atoms with Crippen molar-refractivity contribution in [3.63, 3.8) is 0 Å². The minimum absolute atomic E-state index is 0. The number of aliphatic hydroxyl groups excluding tert-OH is 1. The van der Waals surface area contributed by atoms with Gasteiger partial charge in [0.25, 0.3) is 0 Å². The molecule has 0 aliphatic heterocycles. The number of anilines is 1. The van der Waals surface area contributed by atoms with Crippen molar-refractivity contribution >= 4 is 18.1 Å². The van der Waals surface area contributed by atoms with Crippen LogP contribution in [0.1, 0.15) is 11.1 Å². The quantitative estimate of drug-likeness (QED) is 0.841. The average Bonchev–Trinajstić information content (AvgIpc) is 2.20. The lowest BCUT2D eigenvalue weighted by molar-refractivity contribution is 0.265. The zero-order valence-electron chi connectivity index (χ0n) is 10.1. The van der Waals surface area contributed by atoms with E-state index < -0.39 is 0 Å². The third kappa shape index (κ3) is 4.00. The Labute approximate surface area is 104 Å². The third-order valence-electron chi connectivity index (χ3n) is 2.56. The lowest BCUT2D eigenvalue weighted by Gasteiger charge is -2.16. The van der Waals surface area contributed by atoms with Crippen LogP contribution in [0.4, 0.5) is 5.69 Å². The lowest BCUT2D eigenvalue weighted by atomic mass is 10.0. The Bertz CT molecular complexity index is 329. The molecule has 0 bridgehead atoms. The molecular weight excluding hydrogens is 224 g/mol. The second-order valence-corrected chi connectivity index (χ2v) is 4.15. The Morgan fingerprint density at radius 3 is 2.44 bits per heavy atom. The van der Waals surface area contributed by atoms with Gasteiger partial charge in [-0.15, -0.1) is 12.4 Å². The fourth-order valence-corrected chi connectivity index (χ4v) is 1.53. The van der Waals surface area contributed by atoms with Gasteiger partial charge in [-0.05, 0) is 36.6 Å².